The highest BCUT2D eigenvalue weighted by Crippen LogP contribution is 2.29. The van der Waals surface area contributed by atoms with E-state index in [4.69, 9.17) is 9.47 Å². The molecule has 1 aromatic heterocycles. The molecule has 2 aliphatic heterocycles. The number of hydrogen-bond donors (Lipinski definition) is 2. The van der Waals surface area contributed by atoms with E-state index in [1.54, 1.807) is 11.0 Å². The van der Waals surface area contributed by atoms with Crippen LogP contribution in [0.3, 0.4) is 0 Å². The van der Waals surface area contributed by atoms with Crippen molar-refractivity contribution in [3.8, 4) is 11.8 Å². The number of carbonyl (C=O) groups is 2. The zero-order valence-electron chi connectivity index (χ0n) is 16.4. The van der Waals surface area contributed by atoms with E-state index in [1.165, 1.54) is 11.3 Å². The summed E-state index contributed by atoms with van der Waals surface area (Å²) in [5.74, 6) is 5.21. The summed E-state index contributed by atoms with van der Waals surface area (Å²) in [6.45, 7) is 8.16. The number of aromatic carboxylic acids is 1. The molecule has 2 aliphatic rings. The molecule has 0 radical (unpaired) electrons. The van der Waals surface area contributed by atoms with Crippen LogP contribution >= 0.6 is 11.3 Å². The number of nitrogens with zero attached hydrogens (tertiary/aromatic N) is 1. The second-order valence-electron chi connectivity index (χ2n) is 8.10. The molecule has 0 bridgehead atoms. The van der Waals surface area contributed by atoms with Gasteiger partial charge in [0.15, 0.2) is 0 Å². The summed E-state index contributed by atoms with van der Waals surface area (Å²) in [5.41, 5.74) is 0.401. The van der Waals surface area contributed by atoms with Gasteiger partial charge in [-0.1, -0.05) is 11.8 Å². The fourth-order valence-corrected chi connectivity index (χ4v) is 3.87. The number of rotatable bonds is 4. The Kier molecular flexibility index (Phi) is 6.16. The average molecular weight is 407 g/mol. The first kappa shape index (κ1) is 20.5. The van der Waals surface area contributed by atoms with E-state index in [-0.39, 0.29) is 28.5 Å². The molecule has 2 saturated heterocycles. The molecule has 8 heteroatoms. The summed E-state index contributed by atoms with van der Waals surface area (Å²) in [5, 5.41) is 12.8. The van der Waals surface area contributed by atoms with Gasteiger partial charge in [-0.25, -0.2) is 9.59 Å². The Bertz CT molecular complexity index is 796. The van der Waals surface area contributed by atoms with E-state index in [0.29, 0.717) is 36.9 Å². The van der Waals surface area contributed by atoms with Crippen LogP contribution in [-0.2, 0) is 9.47 Å². The largest absolute Gasteiger partial charge is 0.477 e. The SMILES string of the molecule is CC(C)(C)C#Cc1cc(NC2CCN(C(=O)O[C@@H]3CCOC3)C2)c(C(=O)O)s1. The molecule has 1 aromatic rings. The van der Waals surface area contributed by atoms with Crippen LogP contribution in [0.2, 0.25) is 0 Å². The lowest BCUT2D eigenvalue weighted by molar-refractivity contribution is 0.0594. The molecule has 1 amide bonds. The lowest BCUT2D eigenvalue weighted by Gasteiger charge is -2.19. The first-order valence-corrected chi connectivity index (χ1v) is 10.2. The smallest absolute Gasteiger partial charge is 0.410 e. The molecule has 2 atom stereocenters. The molecule has 1 unspecified atom stereocenters. The average Bonchev–Trinajstić information content (AvgIpc) is 3.33. The van der Waals surface area contributed by atoms with E-state index < -0.39 is 5.97 Å². The number of carbonyl (C=O) groups excluding carboxylic acids is 1. The number of likely N-dealkylation sites (tertiary alicyclic amines) is 1. The van der Waals surface area contributed by atoms with Gasteiger partial charge in [0.25, 0.3) is 0 Å². The summed E-state index contributed by atoms with van der Waals surface area (Å²) in [4.78, 5) is 26.5. The quantitative estimate of drug-likeness (QED) is 0.747. The minimum atomic E-state index is -0.980. The van der Waals surface area contributed by atoms with Crippen LogP contribution in [0.5, 0.6) is 0 Å². The third-order valence-electron chi connectivity index (χ3n) is 4.45. The Balaban J connectivity index is 1.63. The summed E-state index contributed by atoms with van der Waals surface area (Å²) in [6.07, 6.45) is 0.962. The third-order valence-corrected chi connectivity index (χ3v) is 5.49. The minimum Gasteiger partial charge on any atom is -0.477 e. The van der Waals surface area contributed by atoms with Gasteiger partial charge in [0.2, 0.25) is 0 Å². The van der Waals surface area contributed by atoms with Gasteiger partial charge < -0.3 is 24.8 Å². The second-order valence-corrected chi connectivity index (χ2v) is 9.16. The lowest BCUT2D eigenvalue weighted by atomic mass is 9.98. The zero-order chi connectivity index (χ0) is 20.3. The van der Waals surface area contributed by atoms with Gasteiger partial charge in [-0.3, -0.25) is 0 Å². The normalized spacial score (nSPS) is 21.9. The predicted molar refractivity (Wildman–Crippen MR) is 107 cm³/mol. The molecule has 28 heavy (non-hydrogen) atoms. The first-order valence-electron chi connectivity index (χ1n) is 9.41. The van der Waals surface area contributed by atoms with Gasteiger partial charge in [0.1, 0.15) is 11.0 Å². The summed E-state index contributed by atoms with van der Waals surface area (Å²) >= 11 is 1.17. The number of amides is 1. The summed E-state index contributed by atoms with van der Waals surface area (Å²) < 4.78 is 10.7. The Morgan fingerprint density at radius 2 is 2.18 bits per heavy atom. The molecule has 0 saturated carbocycles. The van der Waals surface area contributed by atoms with Crippen LogP contribution in [0.15, 0.2) is 6.07 Å². The van der Waals surface area contributed by atoms with Gasteiger partial charge in [-0.2, -0.15) is 0 Å². The maximum Gasteiger partial charge on any atom is 0.410 e. The molecule has 2 N–H and O–H groups in total. The van der Waals surface area contributed by atoms with E-state index in [0.717, 1.165) is 12.8 Å². The Labute approximate surface area is 169 Å². The van der Waals surface area contributed by atoms with Crippen LogP contribution in [0.25, 0.3) is 0 Å². The summed E-state index contributed by atoms with van der Waals surface area (Å²) in [7, 11) is 0. The molecule has 0 aromatic carbocycles. The van der Waals surface area contributed by atoms with Crippen LogP contribution in [-0.4, -0.2) is 60.5 Å². The molecule has 152 valence electrons. The van der Waals surface area contributed by atoms with Crippen molar-refractivity contribution in [2.45, 2.75) is 45.8 Å². The van der Waals surface area contributed by atoms with Crippen molar-refractivity contribution in [2.24, 2.45) is 5.41 Å². The molecular formula is C20H26N2O5S. The van der Waals surface area contributed by atoms with E-state index in [2.05, 4.69) is 17.2 Å². The van der Waals surface area contributed by atoms with Crippen LogP contribution in [0.4, 0.5) is 10.5 Å². The maximum absolute atomic E-state index is 12.3. The van der Waals surface area contributed by atoms with Crippen LogP contribution in [0.1, 0.15) is 48.2 Å². The van der Waals surface area contributed by atoms with Crippen molar-refractivity contribution in [3.63, 3.8) is 0 Å². The van der Waals surface area contributed by atoms with Crippen molar-refractivity contribution in [3.05, 3.63) is 15.8 Å². The topological polar surface area (TPSA) is 88.1 Å². The van der Waals surface area contributed by atoms with Crippen molar-refractivity contribution < 1.29 is 24.2 Å². The van der Waals surface area contributed by atoms with Gasteiger partial charge >= 0.3 is 12.1 Å². The fourth-order valence-electron chi connectivity index (χ4n) is 3.05. The third kappa shape index (κ3) is 5.40. The number of thiophene rings is 1. The molecule has 0 spiro atoms. The molecule has 3 rings (SSSR count). The van der Waals surface area contributed by atoms with Crippen molar-refractivity contribution in [2.75, 3.05) is 31.6 Å². The van der Waals surface area contributed by atoms with Crippen LogP contribution < -0.4 is 5.32 Å². The number of carboxylic acid groups (broad SMARTS) is 1. The number of carboxylic acids is 1. The van der Waals surface area contributed by atoms with Gasteiger partial charge in [0, 0.05) is 31.0 Å². The number of hydrogen-bond acceptors (Lipinski definition) is 6. The van der Waals surface area contributed by atoms with Gasteiger partial charge in [-0.15, -0.1) is 11.3 Å². The Hall–Kier alpha value is -2.24. The standard InChI is InChI=1S/C20H26N2O5S/c1-20(2,3)7-4-15-10-16(17(28-15)18(23)24)21-13-5-8-22(11-13)19(25)27-14-6-9-26-12-14/h10,13-14,21H,5-6,8-9,11-12H2,1-3H3,(H,23,24)/t13?,14-/m1/s1. The molecule has 0 aliphatic carbocycles. The highest BCUT2D eigenvalue weighted by Gasteiger charge is 2.31. The van der Waals surface area contributed by atoms with Crippen molar-refractivity contribution in [1.29, 1.82) is 0 Å². The number of anilines is 1. The van der Waals surface area contributed by atoms with Crippen molar-refractivity contribution in [1.82, 2.24) is 4.90 Å². The highest BCUT2D eigenvalue weighted by molar-refractivity contribution is 7.15. The number of nitrogens with one attached hydrogen (secondary N) is 1. The van der Waals surface area contributed by atoms with Crippen LogP contribution in [0, 0.1) is 17.3 Å². The predicted octanol–water partition coefficient (Wildman–Crippen LogP) is 3.26. The Morgan fingerprint density at radius 1 is 1.39 bits per heavy atom. The molecule has 7 nitrogen and oxygen atoms in total. The van der Waals surface area contributed by atoms with E-state index in [9.17, 15) is 14.7 Å². The highest BCUT2D eigenvalue weighted by atomic mass is 32.1. The first-order chi connectivity index (χ1) is 13.2. The monoisotopic (exact) mass is 406 g/mol. The Morgan fingerprint density at radius 3 is 2.82 bits per heavy atom. The minimum absolute atomic E-state index is 0.0245. The number of ether oxygens (including phenoxy) is 2. The van der Waals surface area contributed by atoms with Crippen molar-refractivity contribution >= 4 is 29.1 Å². The maximum atomic E-state index is 12.3. The molecule has 2 fully saturated rings. The van der Waals surface area contributed by atoms with Gasteiger partial charge in [0.05, 0.1) is 23.8 Å². The second kappa shape index (κ2) is 8.41. The zero-order valence-corrected chi connectivity index (χ0v) is 17.2. The lowest BCUT2D eigenvalue weighted by Crippen LogP contribution is -2.34. The summed E-state index contributed by atoms with van der Waals surface area (Å²) in [6, 6.07) is 1.76. The fraction of sp³-hybridized carbons (Fsp3) is 0.600. The van der Waals surface area contributed by atoms with E-state index >= 15 is 0 Å². The van der Waals surface area contributed by atoms with Gasteiger partial charge in [-0.05, 0) is 33.3 Å². The molecule has 3 heterocycles. The molecular weight excluding hydrogens is 380 g/mol. The van der Waals surface area contributed by atoms with E-state index in [1.807, 2.05) is 20.8 Å².